The second-order valence-electron chi connectivity index (χ2n) is 11.9. The number of anilines is 3. The van der Waals surface area contributed by atoms with E-state index in [1.807, 2.05) is 66.1 Å². The molecular weight excluding hydrogens is 554 g/mol. The number of aryl methyl sites for hydroxylation is 3. The minimum absolute atomic E-state index is 0.0757. The van der Waals surface area contributed by atoms with Gasteiger partial charge in [0.05, 0.1) is 11.4 Å². The lowest BCUT2D eigenvalue weighted by atomic mass is 9.83. The first-order valence-corrected chi connectivity index (χ1v) is 15.2. The first-order chi connectivity index (χ1) is 20.7. The Morgan fingerprint density at radius 1 is 0.884 bits per heavy atom. The molecule has 1 aromatic heterocycles. The Labute approximate surface area is 257 Å². The second-order valence-corrected chi connectivity index (χ2v) is 12.3. The lowest BCUT2D eigenvalue weighted by molar-refractivity contribution is 0.0951. The van der Waals surface area contributed by atoms with Crippen LogP contribution in [0.5, 0.6) is 0 Å². The highest BCUT2D eigenvalue weighted by molar-refractivity contribution is 7.80. The summed E-state index contributed by atoms with van der Waals surface area (Å²) >= 11 is 5.76. The molecule has 1 amide bonds. The van der Waals surface area contributed by atoms with Gasteiger partial charge < -0.3 is 25.4 Å². The van der Waals surface area contributed by atoms with E-state index in [0.717, 1.165) is 54.4 Å². The highest BCUT2D eigenvalue weighted by Crippen LogP contribution is 2.39. The van der Waals surface area contributed by atoms with Crippen molar-refractivity contribution < 1.29 is 4.79 Å². The van der Waals surface area contributed by atoms with E-state index in [1.165, 1.54) is 16.7 Å². The zero-order valence-corrected chi connectivity index (χ0v) is 25.6. The topological polar surface area (TPSA) is 78.4 Å². The van der Waals surface area contributed by atoms with Crippen LogP contribution in [-0.4, -0.2) is 28.7 Å². The van der Waals surface area contributed by atoms with Crippen molar-refractivity contribution in [2.24, 2.45) is 5.92 Å². The number of nitrogens with one attached hydrogen (secondary N) is 3. The van der Waals surface area contributed by atoms with Gasteiger partial charge in [0.1, 0.15) is 0 Å². The summed E-state index contributed by atoms with van der Waals surface area (Å²) in [6, 6.07) is 25.7. The summed E-state index contributed by atoms with van der Waals surface area (Å²) in [4.78, 5) is 28.2. The lowest BCUT2D eigenvalue weighted by Crippen LogP contribution is -2.47. The van der Waals surface area contributed by atoms with Gasteiger partial charge in [-0.15, -0.1) is 0 Å². The monoisotopic (exact) mass is 591 g/mol. The zero-order chi connectivity index (χ0) is 30.1. The number of amides is 1. The van der Waals surface area contributed by atoms with Crippen molar-refractivity contribution >= 4 is 40.3 Å². The van der Waals surface area contributed by atoms with Crippen LogP contribution in [0, 0.1) is 26.7 Å². The molecule has 7 nitrogen and oxygen atoms in total. The maximum atomic E-state index is 13.3. The fourth-order valence-electron chi connectivity index (χ4n) is 6.24. The molecule has 0 saturated carbocycles. The van der Waals surface area contributed by atoms with Crippen LogP contribution in [0.1, 0.15) is 50.6 Å². The van der Waals surface area contributed by atoms with Crippen LogP contribution in [0.2, 0.25) is 0 Å². The fraction of sp³-hybridized carbons (Fsp3) is 0.286. The highest BCUT2D eigenvalue weighted by atomic mass is 32.1. The molecule has 1 saturated heterocycles. The van der Waals surface area contributed by atoms with E-state index in [1.54, 1.807) is 6.07 Å². The maximum Gasteiger partial charge on any atom is 0.251 e. The number of carbonyl (C=O) groups excluding carboxylic acids is 1. The van der Waals surface area contributed by atoms with Crippen molar-refractivity contribution in [3.63, 3.8) is 0 Å². The van der Waals surface area contributed by atoms with Crippen LogP contribution in [0.15, 0.2) is 83.7 Å². The molecule has 6 rings (SSSR count). The van der Waals surface area contributed by atoms with E-state index in [9.17, 15) is 9.59 Å². The molecule has 1 fully saturated rings. The minimum Gasteiger partial charge on any atom is -0.369 e. The molecule has 0 aliphatic carbocycles. The van der Waals surface area contributed by atoms with Crippen LogP contribution in [0.25, 0.3) is 0 Å². The molecule has 2 bridgehead atoms. The largest absolute Gasteiger partial charge is 0.369 e. The van der Waals surface area contributed by atoms with E-state index in [0.29, 0.717) is 23.1 Å². The van der Waals surface area contributed by atoms with Gasteiger partial charge in [-0.25, -0.2) is 0 Å². The summed E-state index contributed by atoms with van der Waals surface area (Å²) in [7, 11) is 0. The van der Waals surface area contributed by atoms with Gasteiger partial charge in [-0.2, -0.15) is 0 Å². The highest BCUT2D eigenvalue weighted by Gasteiger charge is 2.35. The standard InChI is InChI=1S/C35H37N5O2S/c1-22-7-10-25(11-8-22)18-36-34(42)27-12-14-32(30(17-27)38-35(43)37-29-13-9-23(2)24(3)15-29)39-19-26-16-28(21-39)31-5-4-6-33(41)40(31)20-26/h4-15,17,26,28H,16,18-21H2,1-3H3,(H,36,42)(H2,37,38,43)/t26-,28+/m1/s1. The molecular formula is C35H37N5O2S. The number of benzene rings is 3. The molecule has 3 N–H and O–H groups in total. The number of carbonyl (C=O) groups is 1. The molecule has 3 aromatic carbocycles. The van der Waals surface area contributed by atoms with Crippen LogP contribution in [-0.2, 0) is 13.1 Å². The normalized spacial score (nSPS) is 17.1. The quantitative estimate of drug-likeness (QED) is 0.234. The number of pyridine rings is 1. The van der Waals surface area contributed by atoms with Crippen LogP contribution in [0.4, 0.5) is 17.1 Å². The third-order valence-corrected chi connectivity index (χ3v) is 8.87. The summed E-state index contributed by atoms with van der Waals surface area (Å²) in [5, 5.41) is 10.2. The summed E-state index contributed by atoms with van der Waals surface area (Å²) in [5.74, 6) is 0.469. The average Bonchev–Trinajstić information content (AvgIpc) is 2.99. The van der Waals surface area contributed by atoms with Crippen molar-refractivity contribution in [2.45, 2.75) is 46.2 Å². The molecule has 2 aliphatic heterocycles. The molecule has 2 aliphatic rings. The molecule has 0 unspecified atom stereocenters. The number of hydrogen-bond donors (Lipinski definition) is 3. The average molecular weight is 592 g/mol. The van der Waals surface area contributed by atoms with Crippen molar-refractivity contribution in [1.29, 1.82) is 0 Å². The van der Waals surface area contributed by atoms with Gasteiger partial charge in [-0.1, -0.05) is 42.0 Å². The van der Waals surface area contributed by atoms with Gasteiger partial charge in [-0.05, 0) is 98.4 Å². The first-order valence-electron chi connectivity index (χ1n) is 14.8. The molecule has 8 heteroatoms. The van der Waals surface area contributed by atoms with Gasteiger partial charge in [0.2, 0.25) is 0 Å². The number of hydrogen-bond acceptors (Lipinski definition) is 4. The molecule has 0 spiro atoms. The van der Waals surface area contributed by atoms with E-state index >= 15 is 0 Å². The molecule has 43 heavy (non-hydrogen) atoms. The van der Waals surface area contributed by atoms with Crippen molar-refractivity contribution in [2.75, 3.05) is 28.6 Å². The number of aromatic nitrogens is 1. The van der Waals surface area contributed by atoms with E-state index in [4.69, 9.17) is 12.2 Å². The second kappa shape index (κ2) is 12.1. The van der Waals surface area contributed by atoms with Gasteiger partial charge in [0, 0.05) is 55.1 Å². The van der Waals surface area contributed by atoms with Crippen molar-refractivity contribution in [1.82, 2.24) is 9.88 Å². The lowest BCUT2D eigenvalue weighted by Gasteiger charge is -2.44. The van der Waals surface area contributed by atoms with Crippen molar-refractivity contribution in [3.8, 4) is 0 Å². The van der Waals surface area contributed by atoms with E-state index in [2.05, 4.69) is 52.9 Å². The summed E-state index contributed by atoms with van der Waals surface area (Å²) in [6.45, 7) is 8.98. The van der Waals surface area contributed by atoms with Crippen molar-refractivity contribution in [3.05, 3.63) is 123 Å². The Hall–Kier alpha value is -4.43. The predicted molar refractivity (Wildman–Crippen MR) is 178 cm³/mol. The Balaban J connectivity index is 1.26. The minimum atomic E-state index is -0.146. The van der Waals surface area contributed by atoms with Crippen LogP contribution in [0.3, 0.4) is 0 Å². The Bertz CT molecular complexity index is 1750. The number of rotatable bonds is 6. The van der Waals surface area contributed by atoms with Gasteiger partial charge in [-0.3, -0.25) is 9.59 Å². The number of piperidine rings is 1. The fourth-order valence-corrected chi connectivity index (χ4v) is 6.47. The Kier molecular flexibility index (Phi) is 8.04. The van der Waals surface area contributed by atoms with Gasteiger partial charge in [0.15, 0.2) is 5.11 Å². The molecule has 0 radical (unpaired) electrons. The molecule has 220 valence electrons. The predicted octanol–water partition coefficient (Wildman–Crippen LogP) is 6.14. The number of fused-ring (bicyclic) bond motifs is 4. The molecule has 4 aromatic rings. The maximum absolute atomic E-state index is 13.3. The van der Waals surface area contributed by atoms with Gasteiger partial charge in [0.25, 0.3) is 11.5 Å². The third-order valence-electron chi connectivity index (χ3n) is 8.67. The Morgan fingerprint density at radius 2 is 1.70 bits per heavy atom. The smallest absolute Gasteiger partial charge is 0.251 e. The first kappa shape index (κ1) is 28.7. The zero-order valence-electron chi connectivity index (χ0n) is 24.8. The number of nitrogens with zero attached hydrogens (tertiary/aromatic N) is 2. The third kappa shape index (κ3) is 6.34. The number of thiocarbonyl (C=S) groups is 1. The summed E-state index contributed by atoms with van der Waals surface area (Å²) < 4.78 is 1.94. The summed E-state index contributed by atoms with van der Waals surface area (Å²) in [6.07, 6.45) is 1.06. The SMILES string of the molecule is Cc1ccc(CNC(=O)c2ccc(N3C[C@H]4C[C@@H](C3)c3cccc(=O)n3C4)c(NC(=S)Nc3ccc(C)c(C)c3)c2)cc1. The van der Waals surface area contributed by atoms with E-state index in [-0.39, 0.29) is 17.4 Å². The molecule has 2 atom stereocenters. The summed E-state index contributed by atoms with van der Waals surface area (Å²) in [5.41, 5.74) is 9.03. The van der Waals surface area contributed by atoms with Gasteiger partial charge >= 0.3 is 0 Å². The van der Waals surface area contributed by atoms with Crippen LogP contribution >= 0.6 is 12.2 Å². The molecule has 3 heterocycles. The Morgan fingerprint density at radius 3 is 2.49 bits per heavy atom. The van der Waals surface area contributed by atoms with Crippen LogP contribution < -0.4 is 26.4 Å². The van der Waals surface area contributed by atoms with E-state index < -0.39 is 0 Å².